The highest BCUT2D eigenvalue weighted by Crippen LogP contribution is 2.16. The second-order valence-electron chi connectivity index (χ2n) is 4.98. The Hall–Kier alpha value is -2.29. The predicted molar refractivity (Wildman–Crippen MR) is 86.0 cm³/mol. The first-order valence-corrected chi connectivity index (χ1v) is 7.27. The van der Waals surface area contributed by atoms with Crippen LogP contribution in [0.5, 0.6) is 5.75 Å². The maximum atomic E-state index is 12.2. The van der Waals surface area contributed by atoms with Crippen LogP contribution in [-0.4, -0.2) is 13.0 Å². The summed E-state index contributed by atoms with van der Waals surface area (Å²) in [5.41, 5.74) is 2.71. The highest BCUT2D eigenvalue weighted by molar-refractivity contribution is 6.04. The summed E-state index contributed by atoms with van der Waals surface area (Å²) < 4.78 is 5.09. The van der Waals surface area contributed by atoms with E-state index in [0.717, 1.165) is 17.9 Å². The third-order valence-corrected chi connectivity index (χ3v) is 3.38. The smallest absolute Gasteiger partial charge is 0.255 e. The van der Waals surface area contributed by atoms with Crippen molar-refractivity contribution in [1.29, 1.82) is 0 Å². The highest BCUT2D eigenvalue weighted by Gasteiger charge is 2.06. The molecule has 3 nitrogen and oxygen atoms in total. The normalized spacial score (nSPS) is 10.2. The zero-order valence-electron chi connectivity index (χ0n) is 12.6. The summed E-state index contributed by atoms with van der Waals surface area (Å²) in [4.78, 5) is 12.2. The van der Waals surface area contributed by atoms with Crippen LogP contribution >= 0.6 is 0 Å². The van der Waals surface area contributed by atoms with E-state index in [4.69, 9.17) is 4.74 Å². The van der Waals surface area contributed by atoms with E-state index >= 15 is 0 Å². The Morgan fingerprint density at radius 1 is 1.05 bits per heavy atom. The van der Waals surface area contributed by atoms with Crippen LogP contribution in [0, 0.1) is 0 Å². The first-order chi connectivity index (χ1) is 10.2. The predicted octanol–water partition coefficient (Wildman–Crippen LogP) is 4.29. The van der Waals surface area contributed by atoms with Crippen molar-refractivity contribution in [2.45, 2.75) is 26.2 Å². The molecule has 2 aromatic rings. The number of carbonyl (C=O) groups is 1. The van der Waals surface area contributed by atoms with Crippen LogP contribution in [0.4, 0.5) is 5.69 Å². The highest BCUT2D eigenvalue weighted by atomic mass is 16.5. The fraction of sp³-hybridized carbons (Fsp3) is 0.278. The number of methoxy groups -OCH3 is 1. The number of hydrogen-bond acceptors (Lipinski definition) is 2. The van der Waals surface area contributed by atoms with Gasteiger partial charge < -0.3 is 10.1 Å². The van der Waals surface area contributed by atoms with E-state index < -0.39 is 0 Å². The van der Waals surface area contributed by atoms with Gasteiger partial charge >= 0.3 is 0 Å². The number of amides is 1. The number of aryl methyl sites for hydroxylation is 1. The van der Waals surface area contributed by atoms with E-state index in [1.54, 1.807) is 7.11 Å². The Bertz CT molecular complexity index is 573. The molecule has 0 saturated heterocycles. The lowest BCUT2D eigenvalue weighted by molar-refractivity contribution is 0.102. The minimum atomic E-state index is -0.0952. The SMILES string of the molecule is CCCCc1ccc(C(=O)Nc2ccc(OC)cc2)cc1. The van der Waals surface area contributed by atoms with E-state index in [1.165, 1.54) is 18.4 Å². The summed E-state index contributed by atoms with van der Waals surface area (Å²) in [6.45, 7) is 2.18. The Morgan fingerprint density at radius 3 is 2.29 bits per heavy atom. The van der Waals surface area contributed by atoms with Crippen molar-refractivity contribution >= 4 is 11.6 Å². The molecular formula is C18H21NO2. The van der Waals surface area contributed by atoms with Gasteiger partial charge in [-0.3, -0.25) is 4.79 Å². The quantitative estimate of drug-likeness (QED) is 0.858. The molecule has 0 unspecified atom stereocenters. The van der Waals surface area contributed by atoms with Crippen molar-refractivity contribution in [3.05, 3.63) is 59.7 Å². The van der Waals surface area contributed by atoms with E-state index in [-0.39, 0.29) is 5.91 Å². The van der Waals surface area contributed by atoms with Gasteiger partial charge in [-0.05, 0) is 54.8 Å². The molecule has 3 heteroatoms. The number of carbonyl (C=O) groups excluding carboxylic acids is 1. The number of benzene rings is 2. The molecule has 1 amide bonds. The monoisotopic (exact) mass is 283 g/mol. The van der Waals surface area contributed by atoms with E-state index in [0.29, 0.717) is 5.56 Å². The lowest BCUT2D eigenvalue weighted by Crippen LogP contribution is -2.11. The van der Waals surface area contributed by atoms with Crippen LogP contribution in [0.25, 0.3) is 0 Å². The molecule has 0 aliphatic carbocycles. The Balaban J connectivity index is 1.98. The molecule has 0 saturated carbocycles. The Kier molecular flexibility index (Phi) is 5.38. The molecule has 0 aromatic heterocycles. The molecule has 0 aliphatic rings. The summed E-state index contributed by atoms with van der Waals surface area (Å²) in [6.07, 6.45) is 3.42. The van der Waals surface area contributed by atoms with Gasteiger partial charge in [0.1, 0.15) is 5.75 Å². The van der Waals surface area contributed by atoms with Crippen molar-refractivity contribution in [1.82, 2.24) is 0 Å². The number of anilines is 1. The lowest BCUT2D eigenvalue weighted by atomic mass is 10.1. The average Bonchev–Trinajstić information content (AvgIpc) is 2.54. The standard InChI is InChI=1S/C18H21NO2/c1-3-4-5-14-6-8-15(9-7-14)18(20)19-16-10-12-17(21-2)13-11-16/h6-13H,3-5H2,1-2H3,(H,19,20). The van der Waals surface area contributed by atoms with Gasteiger partial charge in [0.05, 0.1) is 7.11 Å². The number of nitrogens with one attached hydrogen (secondary N) is 1. The molecule has 110 valence electrons. The van der Waals surface area contributed by atoms with Crippen LogP contribution in [0.1, 0.15) is 35.7 Å². The molecule has 2 aromatic carbocycles. The molecule has 0 radical (unpaired) electrons. The van der Waals surface area contributed by atoms with Gasteiger partial charge in [0.15, 0.2) is 0 Å². The molecule has 1 N–H and O–H groups in total. The Labute approximate surface area is 126 Å². The van der Waals surface area contributed by atoms with E-state index in [2.05, 4.69) is 12.2 Å². The molecule has 0 spiro atoms. The lowest BCUT2D eigenvalue weighted by Gasteiger charge is -2.07. The first-order valence-electron chi connectivity index (χ1n) is 7.27. The van der Waals surface area contributed by atoms with Crippen molar-refractivity contribution in [2.24, 2.45) is 0 Å². The van der Waals surface area contributed by atoms with Crippen LogP contribution in [-0.2, 0) is 6.42 Å². The largest absolute Gasteiger partial charge is 0.497 e. The molecule has 0 bridgehead atoms. The van der Waals surface area contributed by atoms with Crippen molar-refractivity contribution < 1.29 is 9.53 Å². The fourth-order valence-corrected chi connectivity index (χ4v) is 2.08. The summed E-state index contributed by atoms with van der Waals surface area (Å²) in [5.74, 6) is 0.676. The number of unbranched alkanes of at least 4 members (excludes halogenated alkanes) is 1. The number of hydrogen-bond donors (Lipinski definition) is 1. The van der Waals surface area contributed by atoms with Crippen molar-refractivity contribution in [3.63, 3.8) is 0 Å². The summed E-state index contributed by atoms with van der Waals surface area (Å²) in [7, 11) is 1.62. The molecule has 0 aliphatic heterocycles. The molecule has 0 heterocycles. The maximum absolute atomic E-state index is 12.2. The van der Waals surface area contributed by atoms with Gasteiger partial charge in [0, 0.05) is 11.3 Å². The van der Waals surface area contributed by atoms with E-state index in [1.807, 2.05) is 48.5 Å². The maximum Gasteiger partial charge on any atom is 0.255 e. The molecule has 21 heavy (non-hydrogen) atoms. The number of rotatable bonds is 6. The van der Waals surface area contributed by atoms with Gasteiger partial charge in [-0.25, -0.2) is 0 Å². The van der Waals surface area contributed by atoms with Crippen LogP contribution in [0.3, 0.4) is 0 Å². The second-order valence-corrected chi connectivity index (χ2v) is 4.98. The van der Waals surface area contributed by atoms with Gasteiger partial charge in [-0.2, -0.15) is 0 Å². The van der Waals surface area contributed by atoms with Crippen molar-refractivity contribution in [3.8, 4) is 5.75 Å². The zero-order chi connectivity index (χ0) is 15.1. The first kappa shape index (κ1) is 15.1. The molecule has 2 rings (SSSR count). The van der Waals surface area contributed by atoms with Crippen LogP contribution in [0.15, 0.2) is 48.5 Å². The molecular weight excluding hydrogens is 262 g/mol. The van der Waals surface area contributed by atoms with Crippen LogP contribution < -0.4 is 10.1 Å². The van der Waals surface area contributed by atoms with Gasteiger partial charge in [-0.1, -0.05) is 25.5 Å². The van der Waals surface area contributed by atoms with Gasteiger partial charge in [0.2, 0.25) is 0 Å². The number of ether oxygens (including phenoxy) is 1. The topological polar surface area (TPSA) is 38.3 Å². The van der Waals surface area contributed by atoms with Gasteiger partial charge in [0.25, 0.3) is 5.91 Å². The van der Waals surface area contributed by atoms with E-state index in [9.17, 15) is 4.79 Å². The van der Waals surface area contributed by atoms with Gasteiger partial charge in [-0.15, -0.1) is 0 Å². The third-order valence-electron chi connectivity index (χ3n) is 3.38. The fourth-order valence-electron chi connectivity index (χ4n) is 2.08. The zero-order valence-corrected chi connectivity index (χ0v) is 12.6. The summed E-state index contributed by atoms with van der Waals surface area (Å²) in [5, 5.41) is 2.88. The average molecular weight is 283 g/mol. The summed E-state index contributed by atoms with van der Waals surface area (Å²) >= 11 is 0. The van der Waals surface area contributed by atoms with Crippen LogP contribution in [0.2, 0.25) is 0 Å². The minimum Gasteiger partial charge on any atom is -0.497 e. The minimum absolute atomic E-state index is 0.0952. The summed E-state index contributed by atoms with van der Waals surface area (Å²) in [6, 6.07) is 15.1. The molecule has 0 fully saturated rings. The third kappa shape index (κ3) is 4.35. The Morgan fingerprint density at radius 2 is 1.71 bits per heavy atom. The van der Waals surface area contributed by atoms with Crippen molar-refractivity contribution in [2.75, 3.05) is 12.4 Å². The molecule has 0 atom stereocenters. The second kappa shape index (κ2) is 7.48.